The van der Waals surface area contributed by atoms with E-state index in [2.05, 4.69) is 22.7 Å². The van der Waals surface area contributed by atoms with Crippen molar-refractivity contribution >= 4 is 11.7 Å². The first-order valence-electron chi connectivity index (χ1n) is 6.24. The summed E-state index contributed by atoms with van der Waals surface area (Å²) in [5, 5.41) is 20.3. The minimum Gasteiger partial charge on any atom is -0.358 e. The van der Waals surface area contributed by atoms with E-state index >= 15 is 0 Å². The molecule has 1 aromatic heterocycles. The van der Waals surface area contributed by atoms with Crippen LogP contribution in [0.3, 0.4) is 0 Å². The van der Waals surface area contributed by atoms with E-state index in [4.69, 9.17) is 0 Å². The number of nitrogens with zero attached hydrogens (tertiary/aromatic N) is 3. The molecule has 8 heteroatoms. The van der Waals surface area contributed by atoms with Crippen molar-refractivity contribution in [3.05, 3.63) is 22.4 Å². The van der Waals surface area contributed by atoms with Crippen LogP contribution in [0.1, 0.15) is 13.3 Å². The topological polar surface area (TPSA) is 102 Å². The second kappa shape index (κ2) is 5.79. The van der Waals surface area contributed by atoms with Gasteiger partial charge in [-0.05, 0) is 23.8 Å². The molecule has 2 atom stereocenters. The highest BCUT2D eigenvalue weighted by atomic mass is 16.6. The van der Waals surface area contributed by atoms with Crippen molar-refractivity contribution in [2.75, 3.05) is 13.1 Å². The average molecular weight is 267 g/mol. The Labute approximate surface area is 110 Å². The first kappa shape index (κ1) is 13.5. The molecule has 1 fully saturated rings. The van der Waals surface area contributed by atoms with Gasteiger partial charge in [0.25, 0.3) is 0 Å². The van der Waals surface area contributed by atoms with Crippen LogP contribution in [0.25, 0.3) is 0 Å². The zero-order valence-corrected chi connectivity index (χ0v) is 10.7. The van der Waals surface area contributed by atoms with Crippen molar-refractivity contribution in [2.45, 2.75) is 25.9 Å². The fourth-order valence-electron chi connectivity index (χ4n) is 2.12. The van der Waals surface area contributed by atoms with E-state index in [0.29, 0.717) is 5.92 Å². The lowest BCUT2D eigenvalue weighted by Gasteiger charge is -2.30. The van der Waals surface area contributed by atoms with Gasteiger partial charge in [0, 0.05) is 12.6 Å². The van der Waals surface area contributed by atoms with E-state index in [1.807, 2.05) is 0 Å². The number of carbonyl (C=O) groups is 1. The molecular formula is C11H17N5O3. The van der Waals surface area contributed by atoms with Gasteiger partial charge in [0.15, 0.2) is 0 Å². The Morgan fingerprint density at radius 2 is 2.53 bits per heavy atom. The molecular weight excluding hydrogens is 250 g/mol. The molecule has 0 bridgehead atoms. The van der Waals surface area contributed by atoms with Crippen molar-refractivity contribution in [3.8, 4) is 0 Å². The van der Waals surface area contributed by atoms with E-state index in [9.17, 15) is 14.9 Å². The minimum atomic E-state index is -0.582. The van der Waals surface area contributed by atoms with Crippen LogP contribution in [0.2, 0.25) is 0 Å². The molecule has 2 N–H and O–H groups in total. The van der Waals surface area contributed by atoms with Crippen molar-refractivity contribution < 1.29 is 9.72 Å². The van der Waals surface area contributed by atoms with Gasteiger partial charge in [-0.25, -0.2) is 0 Å². The molecule has 2 unspecified atom stereocenters. The monoisotopic (exact) mass is 267 g/mol. The zero-order chi connectivity index (χ0) is 13.8. The number of rotatable bonds is 4. The van der Waals surface area contributed by atoms with Crippen molar-refractivity contribution in [1.82, 2.24) is 20.4 Å². The van der Waals surface area contributed by atoms with Gasteiger partial charge in [0.1, 0.15) is 6.54 Å². The Morgan fingerprint density at radius 3 is 3.16 bits per heavy atom. The lowest BCUT2D eigenvalue weighted by molar-refractivity contribution is -0.389. The van der Waals surface area contributed by atoms with Gasteiger partial charge in [-0.15, -0.1) is 0 Å². The molecule has 2 rings (SSSR count). The SMILES string of the molecule is CC1CCNCC1NC(=O)Cn1ccc([N+](=O)[O-])n1. The number of carbonyl (C=O) groups excluding carboxylic acids is 1. The highest BCUT2D eigenvalue weighted by Crippen LogP contribution is 2.11. The molecule has 0 radical (unpaired) electrons. The van der Waals surface area contributed by atoms with Gasteiger partial charge in [0.05, 0.1) is 17.4 Å². The Morgan fingerprint density at radius 1 is 1.74 bits per heavy atom. The van der Waals surface area contributed by atoms with Gasteiger partial charge >= 0.3 is 5.82 Å². The summed E-state index contributed by atoms with van der Waals surface area (Å²) in [6, 6.07) is 1.38. The number of hydrogen-bond donors (Lipinski definition) is 2. The number of nitro groups is 1. The maximum atomic E-state index is 11.8. The van der Waals surface area contributed by atoms with Crippen LogP contribution in [-0.2, 0) is 11.3 Å². The van der Waals surface area contributed by atoms with E-state index in [-0.39, 0.29) is 24.3 Å². The van der Waals surface area contributed by atoms with E-state index in [1.165, 1.54) is 16.9 Å². The molecule has 0 aromatic carbocycles. The third-order valence-electron chi connectivity index (χ3n) is 3.29. The molecule has 2 heterocycles. The van der Waals surface area contributed by atoms with Gasteiger partial charge in [-0.3, -0.25) is 4.79 Å². The first-order valence-corrected chi connectivity index (χ1v) is 6.24. The summed E-state index contributed by atoms with van der Waals surface area (Å²) in [4.78, 5) is 21.7. The van der Waals surface area contributed by atoms with Crippen LogP contribution in [0.5, 0.6) is 0 Å². The number of amides is 1. The summed E-state index contributed by atoms with van der Waals surface area (Å²) in [7, 11) is 0. The molecule has 8 nitrogen and oxygen atoms in total. The molecule has 1 amide bonds. The maximum absolute atomic E-state index is 11.8. The van der Waals surface area contributed by atoms with Gasteiger partial charge < -0.3 is 20.7 Å². The van der Waals surface area contributed by atoms with Crippen LogP contribution >= 0.6 is 0 Å². The van der Waals surface area contributed by atoms with E-state index in [1.54, 1.807) is 0 Å². The van der Waals surface area contributed by atoms with Crippen molar-refractivity contribution in [3.63, 3.8) is 0 Å². The Hall–Kier alpha value is -1.96. The molecule has 19 heavy (non-hydrogen) atoms. The third kappa shape index (κ3) is 3.50. The summed E-state index contributed by atoms with van der Waals surface area (Å²) < 4.78 is 1.27. The van der Waals surface area contributed by atoms with Crippen molar-refractivity contribution in [2.24, 2.45) is 5.92 Å². The highest BCUT2D eigenvalue weighted by molar-refractivity contribution is 5.76. The maximum Gasteiger partial charge on any atom is 0.389 e. The summed E-state index contributed by atoms with van der Waals surface area (Å²) in [6.07, 6.45) is 2.46. The van der Waals surface area contributed by atoms with Crippen LogP contribution in [0.15, 0.2) is 12.3 Å². The number of aromatic nitrogens is 2. The van der Waals surface area contributed by atoms with Gasteiger partial charge in [-0.1, -0.05) is 6.92 Å². The zero-order valence-electron chi connectivity index (χ0n) is 10.7. The summed E-state index contributed by atoms with van der Waals surface area (Å²) in [5.74, 6) is -0.00351. The van der Waals surface area contributed by atoms with Gasteiger partial charge in [0.2, 0.25) is 5.91 Å². The molecule has 0 aliphatic carbocycles. The largest absolute Gasteiger partial charge is 0.389 e. The standard InChI is InChI=1S/C11H17N5O3/c1-8-2-4-12-6-9(8)13-11(17)7-15-5-3-10(14-15)16(18)19/h3,5,8-9,12H,2,4,6-7H2,1H3,(H,13,17). The number of nitrogens with one attached hydrogen (secondary N) is 2. The summed E-state index contributed by atoms with van der Waals surface area (Å²) in [6.45, 7) is 3.83. The summed E-state index contributed by atoms with van der Waals surface area (Å²) >= 11 is 0. The normalized spacial score (nSPS) is 23.0. The van der Waals surface area contributed by atoms with Crippen LogP contribution in [-0.4, -0.2) is 39.7 Å². The fraction of sp³-hybridized carbons (Fsp3) is 0.636. The third-order valence-corrected chi connectivity index (χ3v) is 3.29. The second-order valence-corrected chi connectivity index (χ2v) is 4.77. The average Bonchev–Trinajstić information content (AvgIpc) is 2.80. The first-order chi connectivity index (χ1) is 9.06. The minimum absolute atomic E-state index is 0.00292. The highest BCUT2D eigenvalue weighted by Gasteiger charge is 2.23. The summed E-state index contributed by atoms with van der Waals surface area (Å²) in [5.41, 5.74) is 0. The Bertz CT molecular complexity index is 473. The molecule has 104 valence electrons. The van der Waals surface area contributed by atoms with Crippen LogP contribution in [0, 0.1) is 16.0 Å². The van der Waals surface area contributed by atoms with Crippen LogP contribution < -0.4 is 10.6 Å². The van der Waals surface area contributed by atoms with E-state index < -0.39 is 4.92 Å². The molecule has 1 saturated heterocycles. The Balaban J connectivity index is 1.87. The second-order valence-electron chi connectivity index (χ2n) is 4.77. The van der Waals surface area contributed by atoms with Crippen LogP contribution in [0.4, 0.5) is 5.82 Å². The predicted molar refractivity (Wildman–Crippen MR) is 67.5 cm³/mol. The predicted octanol–water partition coefficient (Wildman–Crippen LogP) is -0.0945. The smallest absolute Gasteiger partial charge is 0.358 e. The molecule has 1 aromatic rings. The molecule has 1 aliphatic rings. The van der Waals surface area contributed by atoms with E-state index in [0.717, 1.165) is 19.5 Å². The number of hydrogen-bond acceptors (Lipinski definition) is 5. The Kier molecular flexibility index (Phi) is 4.10. The lowest BCUT2D eigenvalue weighted by atomic mass is 9.95. The molecule has 0 spiro atoms. The van der Waals surface area contributed by atoms with Gasteiger partial charge in [-0.2, -0.15) is 4.68 Å². The molecule has 1 aliphatic heterocycles. The lowest BCUT2D eigenvalue weighted by Crippen LogP contribution is -2.50. The molecule has 0 saturated carbocycles. The number of piperidine rings is 1. The quantitative estimate of drug-likeness (QED) is 0.586. The van der Waals surface area contributed by atoms with Crippen molar-refractivity contribution in [1.29, 1.82) is 0 Å². The fourth-order valence-corrected chi connectivity index (χ4v) is 2.12.